The SMILES string of the molecule is C=CF.C=CF.O. The summed E-state index contributed by atoms with van der Waals surface area (Å²) in [5.74, 6) is 0. The van der Waals surface area contributed by atoms with Crippen LogP contribution in [0.25, 0.3) is 0 Å². The summed E-state index contributed by atoms with van der Waals surface area (Å²) in [6.45, 7) is 5.39. The van der Waals surface area contributed by atoms with Crippen LogP contribution >= 0.6 is 0 Å². The van der Waals surface area contributed by atoms with Crippen molar-refractivity contribution in [3.8, 4) is 0 Å². The van der Waals surface area contributed by atoms with Crippen molar-refractivity contribution in [2.75, 3.05) is 0 Å². The molecule has 2 N–H and O–H groups in total. The zero-order valence-electron chi connectivity index (χ0n) is 3.82. The Kier molecular flexibility index (Phi) is 135. The predicted octanol–water partition coefficient (Wildman–Crippen LogP) is 1.37. The normalized spacial score (nSPS) is 3.71. The molecule has 0 aromatic carbocycles. The molecule has 0 fully saturated rings. The van der Waals surface area contributed by atoms with Gasteiger partial charge in [-0.15, -0.1) is 0 Å². The van der Waals surface area contributed by atoms with Gasteiger partial charge in [0.05, 0.1) is 12.7 Å². The van der Waals surface area contributed by atoms with E-state index in [1.54, 1.807) is 0 Å². The monoisotopic (exact) mass is 110 g/mol. The molecule has 0 heterocycles. The Bertz CT molecular complexity index is 30.7. The second-order valence-electron chi connectivity index (χ2n) is 0.309. The second-order valence-corrected chi connectivity index (χ2v) is 0.309. The molecule has 44 valence electrons. The van der Waals surface area contributed by atoms with Gasteiger partial charge in [-0.3, -0.25) is 0 Å². The van der Waals surface area contributed by atoms with Gasteiger partial charge in [0.25, 0.3) is 0 Å². The van der Waals surface area contributed by atoms with Crippen molar-refractivity contribution < 1.29 is 14.3 Å². The minimum absolute atomic E-state index is 0. The van der Waals surface area contributed by atoms with Gasteiger partial charge in [-0.2, -0.15) is 0 Å². The molecule has 7 heavy (non-hydrogen) atoms. The van der Waals surface area contributed by atoms with Crippen LogP contribution < -0.4 is 0 Å². The molecule has 0 radical (unpaired) electrons. The van der Waals surface area contributed by atoms with E-state index in [9.17, 15) is 8.78 Å². The minimum atomic E-state index is 0. The quantitative estimate of drug-likeness (QED) is 0.451. The first-order valence-electron chi connectivity index (χ1n) is 1.25. The molecule has 0 atom stereocenters. The fraction of sp³-hybridized carbons (Fsp3) is 0. The van der Waals surface area contributed by atoms with Crippen molar-refractivity contribution in [1.82, 2.24) is 0 Å². The van der Waals surface area contributed by atoms with E-state index in [-0.39, 0.29) is 18.1 Å². The van der Waals surface area contributed by atoms with Crippen molar-refractivity contribution in [2.45, 2.75) is 0 Å². The van der Waals surface area contributed by atoms with Crippen LogP contribution in [0.2, 0.25) is 0 Å². The zero-order valence-corrected chi connectivity index (χ0v) is 3.82. The summed E-state index contributed by atoms with van der Waals surface area (Å²) in [5.41, 5.74) is 0. The van der Waals surface area contributed by atoms with Gasteiger partial charge < -0.3 is 5.48 Å². The van der Waals surface area contributed by atoms with Crippen LogP contribution in [0.1, 0.15) is 0 Å². The third-order valence-corrected chi connectivity index (χ3v) is 0. The lowest BCUT2D eigenvalue weighted by Gasteiger charge is -1.28. The van der Waals surface area contributed by atoms with Gasteiger partial charge in [-0.05, 0) is 0 Å². The maximum atomic E-state index is 10.1. The van der Waals surface area contributed by atoms with E-state index < -0.39 is 0 Å². The minimum Gasteiger partial charge on any atom is -0.412 e. The zero-order chi connectivity index (χ0) is 5.41. The molecule has 0 amide bonds. The van der Waals surface area contributed by atoms with Gasteiger partial charge in [0.15, 0.2) is 0 Å². The van der Waals surface area contributed by atoms with Crippen LogP contribution in [0.15, 0.2) is 25.8 Å². The summed E-state index contributed by atoms with van der Waals surface area (Å²) in [4.78, 5) is 0. The maximum Gasteiger partial charge on any atom is 0.0795 e. The van der Waals surface area contributed by atoms with Crippen LogP contribution in [-0.4, -0.2) is 5.48 Å². The molecular weight excluding hydrogens is 102 g/mol. The maximum absolute atomic E-state index is 10.1. The van der Waals surface area contributed by atoms with Crippen molar-refractivity contribution in [3.05, 3.63) is 25.8 Å². The van der Waals surface area contributed by atoms with Crippen molar-refractivity contribution in [2.24, 2.45) is 0 Å². The highest BCUT2D eigenvalue weighted by molar-refractivity contribution is 4.39. The lowest BCUT2D eigenvalue weighted by Crippen LogP contribution is -0.990. The average molecular weight is 110 g/mol. The molecule has 0 aromatic heterocycles. The van der Waals surface area contributed by atoms with Gasteiger partial charge in [0.2, 0.25) is 0 Å². The first-order chi connectivity index (χ1) is 2.83. The lowest BCUT2D eigenvalue weighted by molar-refractivity contribution is 0.724. The van der Waals surface area contributed by atoms with E-state index in [1.165, 1.54) is 0 Å². The summed E-state index contributed by atoms with van der Waals surface area (Å²) in [6, 6.07) is 0. The fourth-order valence-corrected chi connectivity index (χ4v) is 0. The number of halogens is 2. The Balaban J connectivity index is -0.0000000400. The molecule has 0 aliphatic carbocycles. The summed E-state index contributed by atoms with van der Waals surface area (Å²) in [5, 5.41) is 0. The molecule has 0 aliphatic heterocycles. The van der Waals surface area contributed by atoms with Crippen LogP contribution in [0.5, 0.6) is 0 Å². The Morgan fingerprint density at radius 1 is 1.00 bits per heavy atom. The summed E-state index contributed by atoms with van der Waals surface area (Å²) in [6.07, 6.45) is 0.500. The van der Waals surface area contributed by atoms with E-state index in [0.29, 0.717) is 0 Å². The van der Waals surface area contributed by atoms with Crippen LogP contribution in [-0.2, 0) is 0 Å². The number of hydrogen-bond donors (Lipinski definition) is 0. The highest BCUT2D eigenvalue weighted by atomic mass is 19.1. The molecule has 0 aromatic rings. The van der Waals surface area contributed by atoms with Crippen molar-refractivity contribution in [3.63, 3.8) is 0 Å². The molecule has 0 saturated heterocycles. The molecule has 0 saturated carbocycles. The fourth-order valence-electron chi connectivity index (χ4n) is 0. The van der Waals surface area contributed by atoms with Gasteiger partial charge in [0, 0.05) is 0 Å². The first-order valence-corrected chi connectivity index (χ1v) is 1.25. The Labute approximate surface area is 41.3 Å². The van der Waals surface area contributed by atoms with Crippen molar-refractivity contribution >= 4 is 0 Å². The van der Waals surface area contributed by atoms with E-state index in [2.05, 4.69) is 13.2 Å². The Morgan fingerprint density at radius 3 is 1.00 bits per heavy atom. The third kappa shape index (κ3) is 118. The lowest BCUT2D eigenvalue weighted by atomic mass is 11.2. The first kappa shape index (κ1) is 16.3. The van der Waals surface area contributed by atoms with Gasteiger partial charge in [-0.1, -0.05) is 13.2 Å². The molecule has 0 rings (SSSR count). The van der Waals surface area contributed by atoms with Crippen LogP contribution in [0.4, 0.5) is 8.78 Å². The molecule has 0 aliphatic rings. The summed E-state index contributed by atoms with van der Waals surface area (Å²) >= 11 is 0. The van der Waals surface area contributed by atoms with E-state index in [0.717, 1.165) is 0 Å². The standard InChI is InChI=1S/2C2H3F.H2O/c2*1-2-3;/h2*2H,1H2;1H2. The molecule has 3 heteroatoms. The summed E-state index contributed by atoms with van der Waals surface area (Å²) in [7, 11) is 0. The number of hydrogen-bond acceptors (Lipinski definition) is 0. The predicted molar refractivity (Wildman–Crippen MR) is 26.2 cm³/mol. The van der Waals surface area contributed by atoms with E-state index >= 15 is 0 Å². The smallest absolute Gasteiger partial charge is 0.0795 e. The Morgan fingerprint density at radius 2 is 1.00 bits per heavy atom. The highest BCUT2D eigenvalue weighted by Crippen LogP contribution is 1.48. The molecule has 0 bridgehead atoms. The van der Waals surface area contributed by atoms with Gasteiger partial charge in [0.1, 0.15) is 0 Å². The largest absolute Gasteiger partial charge is 0.412 e. The molecular formula is C4H8F2O. The van der Waals surface area contributed by atoms with Gasteiger partial charge in [-0.25, -0.2) is 8.78 Å². The molecule has 0 unspecified atom stereocenters. The Hall–Kier alpha value is -0.700. The number of rotatable bonds is 0. The van der Waals surface area contributed by atoms with E-state index in [4.69, 9.17) is 0 Å². The van der Waals surface area contributed by atoms with Crippen LogP contribution in [0, 0.1) is 0 Å². The average Bonchev–Trinajstić information content (AvgIpc) is 1.39. The molecule has 1 nitrogen and oxygen atoms in total. The summed E-state index contributed by atoms with van der Waals surface area (Å²) < 4.78 is 20.1. The topological polar surface area (TPSA) is 31.5 Å². The highest BCUT2D eigenvalue weighted by Gasteiger charge is 1.19. The van der Waals surface area contributed by atoms with Gasteiger partial charge >= 0.3 is 0 Å². The third-order valence-electron chi connectivity index (χ3n) is 0. The molecule has 0 spiro atoms. The van der Waals surface area contributed by atoms with Crippen LogP contribution in [0.3, 0.4) is 0 Å². The second kappa shape index (κ2) is 58.0. The van der Waals surface area contributed by atoms with Crippen molar-refractivity contribution in [1.29, 1.82) is 0 Å². The van der Waals surface area contributed by atoms with E-state index in [1.807, 2.05) is 0 Å².